The molecule has 1 unspecified atom stereocenters. The van der Waals surface area contributed by atoms with Crippen LogP contribution in [0.15, 0.2) is 47.5 Å². The number of aryl methyl sites for hydroxylation is 1. The molecule has 0 fully saturated rings. The Bertz CT molecular complexity index is 840. The molecule has 1 amide bonds. The van der Waals surface area contributed by atoms with Crippen LogP contribution >= 0.6 is 0 Å². The third-order valence-corrected chi connectivity index (χ3v) is 4.16. The van der Waals surface area contributed by atoms with Crippen molar-refractivity contribution in [3.63, 3.8) is 0 Å². The van der Waals surface area contributed by atoms with E-state index in [1.165, 1.54) is 0 Å². The molecule has 0 saturated carbocycles. The minimum atomic E-state index is 0.0439. The lowest BCUT2D eigenvalue weighted by molar-refractivity contribution is -0.131. The summed E-state index contributed by atoms with van der Waals surface area (Å²) in [5.74, 6) is 1.59. The lowest BCUT2D eigenvalue weighted by Gasteiger charge is -2.20. The van der Waals surface area contributed by atoms with Crippen molar-refractivity contribution in [3.8, 4) is 11.3 Å². The Labute approximate surface area is 146 Å². The minimum Gasteiger partial charge on any atom is -0.359 e. The fraction of sp³-hybridized carbons (Fsp3) is 0.333. The molecule has 0 aromatic carbocycles. The number of rotatable bonds is 6. The van der Waals surface area contributed by atoms with Crippen LogP contribution in [-0.4, -0.2) is 37.5 Å². The Balaban J connectivity index is 1.60. The molecule has 3 heterocycles. The lowest BCUT2D eigenvalue weighted by Crippen LogP contribution is -2.28. The monoisotopic (exact) mass is 339 g/mol. The summed E-state index contributed by atoms with van der Waals surface area (Å²) in [6, 6.07) is 5.64. The summed E-state index contributed by atoms with van der Waals surface area (Å²) in [5.41, 5.74) is 1.67. The zero-order chi connectivity index (χ0) is 17.8. The van der Waals surface area contributed by atoms with Crippen LogP contribution in [0.2, 0.25) is 0 Å². The third-order valence-electron chi connectivity index (χ3n) is 4.16. The van der Waals surface area contributed by atoms with Gasteiger partial charge >= 0.3 is 0 Å². The molecular formula is C18H21N5O2. The average molecular weight is 339 g/mol. The van der Waals surface area contributed by atoms with E-state index in [1.807, 2.05) is 42.8 Å². The highest BCUT2D eigenvalue weighted by Crippen LogP contribution is 2.19. The molecule has 7 nitrogen and oxygen atoms in total. The first-order valence-corrected chi connectivity index (χ1v) is 8.14. The first kappa shape index (κ1) is 16.9. The number of carbonyl (C=O) groups excluding carboxylic acids is 1. The van der Waals surface area contributed by atoms with Gasteiger partial charge in [0.1, 0.15) is 11.5 Å². The highest BCUT2D eigenvalue weighted by molar-refractivity contribution is 5.76. The molecule has 0 saturated heterocycles. The lowest BCUT2D eigenvalue weighted by atomic mass is 10.2. The summed E-state index contributed by atoms with van der Waals surface area (Å²) in [6.07, 6.45) is 7.45. The van der Waals surface area contributed by atoms with Gasteiger partial charge < -0.3 is 14.0 Å². The molecule has 0 N–H and O–H groups in total. The van der Waals surface area contributed by atoms with Crippen molar-refractivity contribution in [2.75, 3.05) is 7.05 Å². The first-order chi connectivity index (χ1) is 12.0. The van der Waals surface area contributed by atoms with Crippen molar-refractivity contribution in [1.29, 1.82) is 0 Å². The molecule has 3 rings (SSSR count). The largest absolute Gasteiger partial charge is 0.359 e. The number of pyridine rings is 1. The Morgan fingerprint density at radius 2 is 2.08 bits per heavy atom. The summed E-state index contributed by atoms with van der Waals surface area (Å²) in [7, 11) is 1.77. The van der Waals surface area contributed by atoms with Crippen molar-refractivity contribution in [2.24, 2.45) is 0 Å². The predicted octanol–water partition coefficient (Wildman–Crippen LogP) is 2.85. The van der Waals surface area contributed by atoms with Gasteiger partial charge in [-0.05, 0) is 26.0 Å². The summed E-state index contributed by atoms with van der Waals surface area (Å²) < 4.78 is 7.36. The summed E-state index contributed by atoms with van der Waals surface area (Å²) >= 11 is 0. The molecule has 1 atom stereocenters. The number of carbonyl (C=O) groups is 1. The molecule has 0 radical (unpaired) electrons. The van der Waals surface area contributed by atoms with Crippen molar-refractivity contribution in [1.82, 2.24) is 24.6 Å². The van der Waals surface area contributed by atoms with Crippen LogP contribution < -0.4 is 0 Å². The minimum absolute atomic E-state index is 0.0439. The van der Waals surface area contributed by atoms with E-state index in [0.717, 1.165) is 17.1 Å². The average Bonchev–Trinajstić information content (AvgIpc) is 3.24. The van der Waals surface area contributed by atoms with Crippen LogP contribution in [0.25, 0.3) is 11.3 Å². The number of imidazole rings is 1. The van der Waals surface area contributed by atoms with Crippen LogP contribution in [0.1, 0.15) is 31.0 Å². The van der Waals surface area contributed by atoms with Gasteiger partial charge in [-0.1, -0.05) is 5.16 Å². The van der Waals surface area contributed by atoms with E-state index in [-0.39, 0.29) is 11.9 Å². The Morgan fingerprint density at radius 1 is 1.32 bits per heavy atom. The molecule has 0 aliphatic carbocycles. The van der Waals surface area contributed by atoms with Gasteiger partial charge in [0.05, 0.1) is 6.54 Å². The maximum absolute atomic E-state index is 12.5. The Hall–Kier alpha value is -2.96. The number of aromatic nitrogens is 4. The van der Waals surface area contributed by atoms with Gasteiger partial charge in [-0.25, -0.2) is 4.98 Å². The molecule has 25 heavy (non-hydrogen) atoms. The van der Waals surface area contributed by atoms with Crippen molar-refractivity contribution in [2.45, 2.75) is 32.9 Å². The van der Waals surface area contributed by atoms with Gasteiger partial charge in [-0.15, -0.1) is 0 Å². The third kappa shape index (κ3) is 3.93. The smallest absolute Gasteiger partial charge is 0.224 e. The molecule has 130 valence electrons. The first-order valence-electron chi connectivity index (χ1n) is 8.14. The van der Waals surface area contributed by atoms with Gasteiger partial charge in [0.2, 0.25) is 5.91 Å². The Kier molecular flexibility index (Phi) is 4.92. The van der Waals surface area contributed by atoms with E-state index in [0.29, 0.717) is 18.7 Å². The summed E-state index contributed by atoms with van der Waals surface area (Å²) in [5, 5.41) is 4.06. The zero-order valence-corrected chi connectivity index (χ0v) is 14.6. The van der Waals surface area contributed by atoms with Crippen molar-refractivity contribution in [3.05, 3.63) is 54.6 Å². The van der Waals surface area contributed by atoms with Crippen LogP contribution in [0, 0.1) is 6.92 Å². The number of amides is 1. The van der Waals surface area contributed by atoms with Crippen molar-refractivity contribution < 1.29 is 9.32 Å². The molecule has 0 spiro atoms. The van der Waals surface area contributed by atoms with Gasteiger partial charge in [0.15, 0.2) is 5.76 Å². The normalized spacial score (nSPS) is 12.1. The van der Waals surface area contributed by atoms with Gasteiger partial charge in [0, 0.05) is 55.9 Å². The van der Waals surface area contributed by atoms with Gasteiger partial charge in [0.25, 0.3) is 0 Å². The van der Waals surface area contributed by atoms with E-state index in [9.17, 15) is 4.79 Å². The number of hydrogen-bond donors (Lipinski definition) is 0. The highest BCUT2D eigenvalue weighted by Gasteiger charge is 2.17. The van der Waals surface area contributed by atoms with E-state index in [4.69, 9.17) is 4.52 Å². The van der Waals surface area contributed by atoms with Crippen LogP contribution in [0.3, 0.4) is 0 Å². The molecule has 7 heteroatoms. The predicted molar refractivity (Wildman–Crippen MR) is 92.5 cm³/mol. The second-order valence-electron chi connectivity index (χ2n) is 6.10. The highest BCUT2D eigenvalue weighted by atomic mass is 16.5. The molecular weight excluding hydrogens is 318 g/mol. The maximum atomic E-state index is 12.5. The standard InChI is InChI=1S/C18H21N5O2/c1-13(23-9-8-20-14(23)2)10-18(24)22(3)12-16-11-17(21-25-16)15-4-6-19-7-5-15/h4-9,11,13H,10,12H2,1-3H3. The van der Waals surface area contributed by atoms with E-state index >= 15 is 0 Å². The fourth-order valence-electron chi connectivity index (χ4n) is 2.73. The second kappa shape index (κ2) is 7.29. The maximum Gasteiger partial charge on any atom is 0.224 e. The Morgan fingerprint density at radius 3 is 2.76 bits per heavy atom. The quantitative estimate of drug-likeness (QED) is 0.690. The molecule has 0 aliphatic heterocycles. The number of nitrogens with zero attached hydrogens (tertiary/aromatic N) is 5. The van der Waals surface area contributed by atoms with Crippen LogP contribution in [0.5, 0.6) is 0 Å². The van der Waals surface area contributed by atoms with Crippen molar-refractivity contribution >= 4 is 5.91 Å². The fourth-order valence-corrected chi connectivity index (χ4v) is 2.73. The molecule has 0 bridgehead atoms. The zero-order valence-electron chi connectivity index (χ0n) is 14.6. The van der Waals surface area contributed by atoms with Crippen LogP contribution in [0.4, 0.5) is 0 Å². The van der Waals surface area contributed by atoms with E-state index in [2.05, 4.69) is 15.1 Å². The SMILES string of the molecule is Cc1nccn1C(C)CC(=O)N(C)Cc1cc(-c2ccncc2)no1. The van der Waals surface area contributed by atoms with Crippen LogP contribution in [-0.2, 0) is 11.3 Å². The topological polar surface area (TPSA) is 77.1 Å². The summed E-state index contributed by atoms with van der Waals surface area (Å²) in [4.78, 5) is 22.3. The van der Waals surface area contributed by atoms with Gasteiger partial charge in [-0.2, -0.15) is 0 Å². The number of hydrogen-bond acceptors (Lipinski definition) is 5. The second-order valence-corrected chi connectivity index (χ2v) is 6.10. The molecule has 3 aromatic rings. The molecule has 3 aromatic heterocycles. The summed E-state index contributed by atoms with van der Waals surface area (Å²) in [6.45, 7) is 4.32. The molecule has 0 aliphatic rings. The van der Waals surface area contributed by atoms with Gasteiger partial charge in [-0.3, -0.25) is 9.78 Å². The van der Waals surface area contributed by atoms with E-state index < -0.39 is 0 Å². The van der Waals surface area contributed by atoms with E-state index in [1.54, 1.807) is 30.5 Å².